The van der Waals surface area contributed by atoms with E-state index in [2.05, 4.69) is 32.2 Å². The highest BCUT2D eigenvalue weighted by Gasteiger charge is 2.16. The first-order valence-electron chi connectivity index (χ1n) is 6.83. The van der Waals surface area contributed by atoms with Gasteiger partial charge in [0, 0.05) is 23.8 Å². The van der Waals surface area contributed by atoms with Crippen molar-refractivity contribution >= 4 is 16.6 Å². The second kappa shape index (κ2) is 5.47. The van der Waals surface area contributed by atoms with Crippen LogP contribution in [0.1, 0.15) is 37.9 Å². The number of hydrogen-bond donors (Lipinski definition) is 1. The highest BCUT2D eigenvalue weighted by atomic mass is 16.5. The van der Waals surface area contributed by atoms with Gasteiger partial charge in [0.05, 0.1) is 6.61 Å². The van der Waals surface area contributed by atoms with Crippen LogP contribution in [-0.4, -0.2) is 18.6 Å². The molecule has 102 valence electrons. The van der Waals surface area contributed by atoms with Crippen molar-refractivity contribution in [2.45, 2.75) is 33.6 Å². The van der Waals surface area contributed by atoms with E-state index in [-0.39, 0.29) is 0 Å². The van der Waals surface area contributed by atoms with E-state index in [1.165, 1.54) is 11.3 Å². The Hall–Kier alpha value is -1.77. The number of fused-ring (bicyclic) bond motifs is 1. The molecular weight excluding hydrogens is 236 g/mol. The molecule has 0 spiro atoms. The Bertz CT molecular complexity index is 591. The SMILES string of the molecule is CCOc1cccc2c(NC)c(C(C)C)c(C)nc12. The first-order valence-corrected chi connectivity index (χ1v) is 6.83. The van der Waals surface area contributed by atoms with Gasteiger partial charge in [-0.15, -0.1) is 0 Å². The molecule has 0 radical (unpaired) electrons. The Balaban J connectivity index is 2.80. The molecule has 0 aliphatic carbocycles. The number of para-hydroxylation sites is 1. The summed E-state index contributed by atoms with van der Waals surface area (Å²) in [5.74, 6) is 1.30. The van der Waals surface area contributed by atoms with Crippen LogP contribution in [-0.2, 0) is 0 Å². The van der Waals surface area contributed by atoms with Crippen LogP contribution < -0.4 is 10.1 Å². The summed E-state index contributed by atoms with van der Waals surface area (Å²) in [6, 6.07) is 6.10. The van der Waals surface area contributed by atoms with Gasteiger partial charge in [-0.25, -0.2) is 4.98 Å². The van der Waals surface area contributed by atoms with Gasteiger partial charge in [0.15, 0.2) is 0 Å². The third-order valence-electron chi connectivity index (χ3n) is 3.33. The van der Waals surface area contributed by atoms with E-state index in [1.54, 1.807) is 0 Å². The minimum Gasteiger partial charge on any atom is -0.492 e. The van der Waals surface area contributed by atoms with Gasteiger partial charge in [0.25, 0.3) is 0 Å². The minimum absolute atomic E-state index is 0.440. The molecule has 1 heterocycles. The number of nitrogens with zero attached hydrogens (tertiary/aromatic N) is 1. The smallest absolute Gasteiger partial charge is 0.145 e. The topological polar surface area (TPSA) is 34.1 Å². The van der Waals surface area contributed by atoms with Crippen LogP contribution in [0, 0.1) is 6.92 Å². The van der Waals surface area contributed by atoms with E-state index in [0.29, 0.717) is 12.5 Å². The number of aryl methyl sites for hydroxylation is 1. The molecule has 19 heavy (non-hydrogen) atoms. The van der Waals surface area contributed by atoms with Gasteiger partial charge < -0.3 is 10.1 Å². The summed E-state index contributed by atoms with van der Waals surface area (Å²) in [6.45, 7) is 9.11. The summed E-state index contributed by atoms with van der Waals surface area (Å²) in [5, 5.41) is 4.46. The summed E-state index contributed by atoms with van der Waals surface area (Å²) in [5.41, 5.74) is 4.46. The van der Waals surface area contributed by atoms with Crippen molar-refractivity contribution in [3.8, 4) is 5.75 Å². The van der Waals surface area contributed by atoms with Crippen LogP contribution in [0.4, 0.5) is 5.69 Å². The molecule has 1 aromatic carbocycles. The molecule has 1 N–H and O–H groups in total. The number of hydrogen-bond acceptors (Lipinski definition) is 3. The number of ether oxygens (including phenoxy) is 1. The van der Waals surface area contributed by atoms with Crippen molar-refractivity contribution in [1.82, 2.24) is 4.98 Å². The molecule has 0 bridgehead atoms. The van der Waals surface area contributed by atoms with E-state index in [9.17, 15) is 0 Å². The van der Waals surface area contributed by atoms with Crippen LogP contribution in [0.3, 0.4) is 0 Å². The fraction of sp³-hybridized carbons (Fsp3) is 0.438. The van der Waals surface area contributed by atoms with Crippen LogP contribution >= 0.6 is 0 Å². The summed E-state index contributed by atoms with van der Waals surface area (Å²) >= 11 is 0. The van der Waals surface area contributed by atoms with Gasteiger partial charge >= 0.3 is 0 Å². The zero-order chi connectivity index (χ0) is 14.0. The summed E-state index contributed by atoms with van der Waals surface area (Å²) in [6.07, 6.45) is 0. The molecule has 0 fully saturated rings. The predicted molar refractivity (Wildman–Crippen MR) is 81.3 cm³/mol. The average molecular weight is 258 g/mol. The zero-order valence-electron chi connectivity index (χ0n) is 12.4. The summed E-state index contributed by atoms with van der Waals surface area (Å²) in [7, 11) is 1.97. The first-order chi connectivity index (χ1) is 9.10. The second-order valence-electron chi connectivity index (χ2n) is 4.98. The molecule has 3 heteroatoms. The lowest BCUT2D eigenvalue weighted by Gasteiger charge is -2.19. The lowest BCUT2D eigenvalue weighted by atomic mass is 9.96. The van der Waals surface area contributed by atoms with Crippen LogP contribution in [0.2, 0.25) is 0 Å². The number of nitrogens with one attached hydrogen (secondary N) is 1. The third-order valence-corrected chi connectivity index (χ3v) is 3.33. The highest BCUT2D eigenvalue weighted by Crippen LogP contribution is 2.36. The number of aromatic nitrogens is 1. The fourth-order valence-corrected chi connectivity index (χ4v) is 2.64. The molecule has 2 rings (SSSR count). The van der Waals surface area contributed by atoms with E-state index >= 15 is 0 Å². The monoisotopic (exact) mass is 258 g/mol. The minimum atomic E-state index is 0.440. The lowest BCUT2D eigenvalue weighted by Crippen LogP contribution is -2.05. The van der Waals surface area contributed by atoms with Gasteiger partial charge in [0.1, 0.15) is 11.3 Å². The van der Waals surface area contributed by atoms with Crippen molar-refractivity contribution in [1.29, 1.82) is 0 Å². The van der Waals surface area contributed by atoms with Crippen LogP contribution in [0.5, 0.6) is 5.75 Å². The van der Waals surface area contributed by atoms with Gasteiger partial charge in [-0.05, 0) is 31.4 Å². The second-order valence-corrected chi connectivity index (χ2v) is 4.98. The largest absolute Gasteiger partial charge is 0.492 e. The van der Waals surface area contributed by atoms with E-state index in [4.69, 9.17) is 9.72 Å². The molecular formula is C16H22N2O. The van der Waals surface area contributed by atoms with Crippen molar-refractivity contribution in [2.75, 3.05) is 19.0 Å². The Morgan fingerprint density at radius 3 is 2.63 bits per heavy atom. The summed E-state index contributed by atoms with van der Waals surface area (Å²) in [4.78, 5) is 4.76. The predicted octanol–water partition coefficient (Wildman–Crippen LogP) is 4.11. The molecule has 0 aliphatic rings. The van der Waals surface area contributed by atoms with Crippen molar-refractivity contribution in [2.24, 2.45) is 0 Å². The van der Waals surface area contributed by atoms with Gasteiger partial charge in [0.2, 0.25) is 0 Å². The molecule has 1 aromatic heterocycles. The highest BCUT2D eigenvalue weighted by molar-refractivity contribution is 5.96. The average Bonchev–Trinajstić information content (AvgIpc) is 2.38. The number of anilines is 1. The molecule has 0 atom stereocenters. The van der Waals surface area contributed by atoms with Gasteiger partial charge in [-0.3, -0.25) is 0 Å². The Morgan fingerprint density at radius 1 is 1.32 bits per heavy atom. The zero-order valence-corrected chi connectivity index (χ0v) is 12.4. The molecule has 3 nitrogen and oxygen atoms in total. The van der Waals surface area contributed by atoms with Crippen LogP contribution in [0.15, 0.2) is 18.2 Å². The van der Waals surface area contributed by atoms with E-state index in [1.807, 2.05) is 26.1 Å². The Kier molecular flexibility index (Phi) is 3.93. The number of benzene rings is 1. The maximum atomic E-state index is 5.68. The molecule has 0 aliphatic heterocycles. The fourth-order valence-electron chi connectivity index (χ4n) is 2.64. The first kappa shape index (κ1) is 13.7. The molecule has 0 amide bonds. The maximum Gasteiger partial charge on any atom is 0.145 e. The third kappa shape index (κ3) is 2.37. The lowest BCUT2D eigenvalue weighted by molar-refractivity contribution is 0.343. The maximum absolute atomic E-state index is 5.68. The number of rotatable bonds is 4. The quantitative estimate of drug-likeness (QED) is 0.896. The van der Waals surface area contributed by atoms with Crippen molar-refractivity contribution in [3.63, 3.8) is 0 Å². The molecule has 0 saturated heterocycles. The molecule has 2 aromatic rings. The standard InChI is InChI=1S/C16H22N2O/c1-6-19-13-9-7-8-12-15(13)18-11(4)14(10(2)3)16(12)17-5/h7-10H,6H2,1-5H3,(H,17,18). The molecule has 0 saturated carbocycles. The van der Waals surface area contributed by atoms with Crippen LogP contribution in [0.25, 0.3) is 10.9 Å². The Morgan fingerprint density at radius 2 is 2.05 bits per heavy atom. The van der Waals surface area contributed by atoms with E-state index in [0.717, 1.165) is 22.3 Å². The van der Waals surface area contributed by atoms with Crippen molar-refractivity contribution < 1.29 is 4.74 Å². The summed E-state index contributed by atoms with van der Waals surface area (Å²) < 4.78 is 5.68. The van der Waals surface area contributed by atoms with E-state index < -0.39 is 0 Å². The normalized spacial score (nSPS) is 11.1. The van der Waals surface area contributed by atoms with Gasteiger partial charge in [-0.1, -0.05) is 26.0 Å². The molecule has 0 unspecified atom stereocenters. The van der Waals surface area contributed by atoms with Gasteiger partial charge in [-0.2, -0.15) is 0 Å². The van der Waals surface area contributed by atoms with Crippen molar-refractivity contribution in [3.05, 3.63) is 29.5 Å². The Labute approximate surface area is 115 Å². The number of pyridine rings is 1.